The molecule has 11 heteroatoms. The molecule has 39 heavy (non-hydrogen) atoms. The standard InChI is InChI=1S/C28H33F2N5O4/c29-28(30)39-21-6-2-5-20(15-21)35-26-24(25(32-35)19-3-1-4-19)23(16-22(31-26)27(36)37)34-9-7-18(8-10-34)17-33-11-13-38-14-12-33/h2,5-6,15-16,18-19,28H,1,3-4,7-14,17H2,(H,36,37)/p-1. The van der Waals surface area contributed by atoms with Crippen LogP contribution in [0.25, 0.3) is 16.7 Å². The number of benzene rings is 1. The van der Waals surface area contributed by atoms with Crippen molar-refractivity contribution < 1.29 is 28.2 Å². The highest BCUT2D eigenvalue weighted by atomic mass is 19.3. The molecule has 3 fully saturated rings. The molecular formula is C28H32F2N5O4-. The molecule has 0 N–H and O–H groups in total. The predicted octanol–water partition coefficient (Wildman–Crippen LogP) is 3.20. The fraction of sp³-hybridized carbons (Fsp3) is 0.536. The van der Waals surface area contributed by atoms with Crippen LogP contribution in [0.3, 0.4) is 0 Å². The number of nitrogens with zero attached hydrogens (tertiary/aromatic N) is 5. The highest BCUT2D eigenvalue weighted by Gasteiger charge is 2.31. The number of hydrogen-bond donors (Lipinski definition) is 0. The fourth-order valence-corrected chi connectivity index (χ4v) is 5.92. The van der Waals surface area contributed by atoms with Crippen LogP contribution in [0.15, 0.2) is 30.3 Å². The topological polar surface area (TPSA) is 95.8 Å². The molecule has 9 nitrogen and oxygen atoms in total. The molecule has 0 radical (unpaired) electrons. The first-order valence-corrected chi connectivity index (χ1v) is 13.7. The van der Waals surface area contributed by atoms with Crippen LogP contribution < -0.4 is 14.7 Å². The second-order valence-corrected chi connectivity index (χ2v) is 10.7. The van der Waals surface area contributed by atoms with Crippen molar-refractivity contribution in [1.29, 1.82) is 0 Å². The van der Waals surface area contributed by atoms with E-state index in [0.29, 0.717) is 17.3 Å². The Bertz CT molecular complexity index is 1330. The number of morpholine rings is 1. The Morgan fingerprint density at radius 1 is 1.10 bits per heavy atom. The molecule has 0 bridgehead atoms. The summed E-state index contributed by atoms with van der Waals surface area (Å²) in [7, 11) is 0. The van der Waals surface area contributed by atoms with Gasteiger partial charge in [0.1, 0.15) is 5.75 Å². The number of piperidine rings is 1. The summed E-state index contributed by atoms with van der Waals surface area (Å²) in [5.41, 5.74) is 2.37. The Morgan fingerprint density at radius 2 is 1.87 bits per heavy atom. The number of fused-ring (bicyclic) bond motifs is 1. The molecular weight excluding hydrogens is 508 g/mol. The van der Waals surface area contributed by atoms with E-state index in [9.17, 15) is 18.7 Å². The number of ether oxygens (including phenoxy) is 2. The molecule has 2 aliphatic heterocycles. The van der Waals surface area contributed by atoms with Crippen molar-refractivity contribution in [2.45, 2.75) is 44.6 Å². The Labute approximate surface area is 225 Å². The lowest BCUT2D eigenvalue weighted by Gasteiger charge is -2.37. The smallest absolute Gasteiger partial charge is 0.387 e. The number of rotatable bonds is 8. The van der Waals surface area contributed by atoms with Crippen molar-refractivity contribution in [1.82, 2.24) is 19.7 Å². The number of carboxylic acid groups (broad SMARTS) is 1. The zero-order valence-corrected chi connectivity index (χ0v) is 21.7. The molecule has 3 aromatic rings. The summed E-state index contributed by atoms with van der Waals surface area (Å²) in [5, 5.41) is 17.8. The van der Waals surface area contributed by atoms with E-state index in [-0.39, 0.29) is 17.4 Å². The molecule has 1 saturated carbocycles. The summed E-state index contributed by atoms with van der Waals surface area (Å²) in [6, 6.07) is 7.85. The van der Waals surface area contributed by atoms with Gasteiger partial charge < -0.3 is 24.3 Å². The summed E-state index contributed by atoms with van der Waals surface area (Å²) in [6.07, 6.45) is 5.08. The minimum absolute atomic E-state index is 0.00466. The van der Waals surface area contributed by atoms with Gasteiger partial charge in [-0.25, -0.2) is 9.67 Å². The molecule has 3 aliphatic rings. The van der Waals surface area contributed by atoms with Gasteiger partial charge in [0.15, 0.2) is 5.65 Å². The first-order valence-electron chi connectivity index (χ1n) is 13.7. The van der Waals surface area contributed by atoms with Crippen molar-refractivity contribution in [3.05, 3.63) is 41.7 Å². The molecule has 2 aromatic heterocycles. The second-order valence-electron chi connectivity index (χ2n) is 10.7. The molecule has 1 aromatic carbocycles. The molecule has 0 spiro atoms. The molecule has 2 saturated heterocycles. The number of halogens is 2. The van der Waals surface area contributed by atoms with E-state index in [4.69, 9.17) is 9.84 Å². The van der Waals surface area contributed by atoms with Crippen molar-refractivity contribution in [2.75, 3.05) is 50.8 Å². The third kappa shape index (κ3) is 5.42. The van der Waals surface area contributed by atoms with Gasteiger partial charge in [-0.15, -0.1) is 0 Å². The lowest BCUT2D eigenvalue weighted by molar-refractivity contribution is -0.255. The predicted molar refractivity (Wildman–Crippen MR) is 139 cm³/mol. The monoisotopic (exact) mass is 540 g/mol. The van der Waals surface area contributed by atoms with Gasteiger partial charge in [0, 0.05) is 44.7 Å². The minimum atomic E-state index is -2.96. The van der Waals surface area contributed by atoms with Crippen LogP contribution in [-0.2, 0) is 4.74 Å². The number of carbonyl (C=O) groups is 1. The van der Waals surface area contributed by atoms with Gasteiger partial charge in [0.25, 0.3) is 0 Å². The Hall–Kier alpha value is -3.31. The summed E-state index contributed by atoms with van der Waals surface area (Å²) in [5.74, 6) is -0.561. The molecule has 6 rings (SSSR count). The van der Waals surface area contributed by atoms with Gasteiger partial charge in [-0.3, -0.25) is 4.90 Å². The Kier molecular flexibility index (Phi) is 7.35. The first-order chi connectivity index (χ1) is 19.0. The molecule has 0 atom stereocenters. The quantitative estimate of drug-likeness (QED) is 0.430. The summed E-state index contributed by atoms with van der Waals surface area (Å²) >= 11 is 0. The van der Waals surface area contributed by atoms with Crippen LogP contribution in [0.5, 0.6) is 5.75 Å². The van der Waals surface area contributed by atoms with Gasteiger partial charge >= 0.3 is 6.61 Å². The van der Waals surface area contributed by atoms with Crippen LogP contribution in [0, 0.1) is 5.92 Å². The van der Waals surface area contributed by atoms with Crippen LogP contribution in [0.4, 0.5) is 14.5 Å². The van der Waals surface area contributed by atoms with Crippen LogP contribution in [0.2, 0.25) is 0 Å². The first kappa shape index (κ1) is 25.9. The number of carboxylic acids is 1. The maximum atomic E-state index is 12.9. The number of anilines is 1. The SMILES string of the molecule is O=C([O-])c1cc(N2CCC(CN3CCOCC3)CC2)c2c(C3CCC3)nn(-c3cccc(OC(F)F)c3)c2n1. The zero-order valence-electron chi connectivity index (χ0n) is 21.7. The third-order valence-electron chi connectivity index (χ3n) is 8.21. The summed E-state index contributed by atoms with van der Waals surface area (Å²) in [6.45, 7) is 3.19. The van der Waals surface area contributed by atoms with Crippen LogP contribution >= 0.6 is 0 Å². The van der Waals surface area contributed by atoms with Gasteiger partial charge in [0.2, 0.25) is 0 Å². The molecule has 0 unspecified atom stereocenters. The fourth-order valence-electron chi connectivity index (χ4n) is 5.92. The normalized spacial score (nSPS) is 19.5. The average molecular weight is 541 g/mol. The number of pyridine rings is 1. The van der Waals surface area contributed by atoms with Crippen LogP contribution in [-0.4, -0.2) is 78.2 Å². The van der Waals surface area contributed by atoms with Crippen molar-refractivity contribution in [2.24, 2.45) is 5.92 Å². The number of alkyl halides is 2. The van der Waals surface area contributed by atoms with Gasteiger partial charge in [-0.2, -0.15) is 13.9 Å². The highest BCUT2D eigenvalue weighted by molar-refractivity contribution is 5.98. The molecule has 1 aliphatic carbocycles. The maximum absolute atomic E-state index is 12.9. The third-order valence-corrected chi connectivity index (χ3v) is 8.21. The lowest BCUT2D eigenvalue weighted by atomic mass is 9.81. The lowest BCUT2D eigenvalue weighted by Crippen LogP contribution is -2.43. The number of hydrogen-bond acceptors (Lipinski definition) is 8. The van der Waals surface area contributed by atoms with E-state index in [1.165, 1.54) is 12.1 Å². The van der Waals surface area contributed by atoms with E-state index in [0.717, 1.165) is 94.8 Å². The van der Waals surface area contributed by atoms with E-state index >= 15 is 0 Å². The molecule has 4 heterocycles. The van der Waals surface area contributed by atoms with E-state index in [2.05, 4.69) is 19.5 Å². The number of carbonyl (C=O) groups excluding carboxylic acids is 1. The van der Waals surface area contributed by atoms with Crippen molar-refractivity contribution in [3.8, 4) is 11.4 Å². The number of aromatic nitrogens is 3. The number of aromatic carboxylic acids is 1. The van der Waals surface area contributed by atoms with Gasteiger partial charge in [-0.05, 0) is 49.8 Å². The van der Waals surface area contributed by atoms with Crippen molar-refractivity contribution >= 4 is 22.7 Å². The van der Waals surface area contributed by atoms with Gasteiger partial charge in [-0.1, -0.05) is 12.5 Å². The summed E-state index contributed by atoms with van der Waals surface area (Å²) < 4.78 is 37.4. The maximum Gasteiger partial charge on any atom is 0.387 e. The minimum Gasteiger partial charge on any atom is -0.543 e. The average Bonchev–Trinajstić information content (AvgIpc) is 3.27. The van der Waals surface area contributed by atoms with E-state index in [1.807, 2.05) is 0 Å². The molecule has 208 valence electrons. The Balaban J connectivity index is 1.37. The summed E-state index contributed by atoms with van der Waals surface area (Å²) in [4.78, 5) is 21.2. The largest absolute Gasteiger partial charge is 0.543 e. The van der Waals surface area contributed by atoms with Crippen molar-refractivity contribution in [3.63, 3.8) is 0 Å². The van der Waals surface area contributed by atoms with Crippen LogP contribution in [0.1, 0.15) is 54.2 Å². The van der Waals surface area contributed by atoms with Gasteiger partial charge in [0.05, 0.1) is 47.3 Å². The second kappa shape index (κ2) is 11.1. The zero-order chi connectivity index (χ0) is 26.9. The van der Waals surface area contributed by atoms with E-state index in [1.54, 1.807) is 22.9 Å². The highest BCUT2D eigenvalue weighted by Crippen LogP contribution is 2.43. The molecule has 0 amide bonds. The Morgan fingerprint density at radius 3 is 2.54 bits per heavy atom. The van der Waals surface area contributed by atoms with E-state index < -0.39 is 12.6 Å².